The van der Waals surface area contributed by atoms with Gasteiger partial charge in [-0.3, -0.25) is 0 Å². The van der Waals surface area contributed by atoms with Crippen molar-refractivity contribution < 1.29 is 4.39 Å². The molecule has 0 saturated carbocycles. The van der Waals surface area contributed by atoms with E-state index in [9.17, 15) is 4.39 Å². The van der Waals surface area contributed by atoms with Crippen molar-refractivity contribution in [3.8, 4) is 0 Å². The van der Waals surface area contributed by atoms with Crippen LogP contribution in [0.5, 0.6) is 0 Å². The number of hydrogen-bond donors (Lipinski definition) is 2. The van der Waals surface area contributed by atoms with Crippen molar-refractivity contribution in [2.24, 2.45) is 0 Å². The number of nitrogens with zero attached hydrogens (tertiary/aromatic N) is 1. The summed E-state index contributed by atoms with van der Waals surface area (Å²) in [6.45, 7) is 1.97. The average molecular weight is 418 g/mol. The van der Waals surface area contributed by atoms with E-state index >= 15 is 0 Å². The molecule has 0 aliphatic rings. The maximum absolute atomic E-state index is 13.1. The van der Waals surface area contributed by atoms with Gasteiger partial charge in [0.05, 0.1) is 11.7 Å². The molecular formula is C20H17ClFN3S2. The third kappa shape index (κ3) is 5.66. The van der Waals surface area contributed by atoms with Crippen LogP contribution in [0.3, 0.4) is 0 Å². The SMILES string of the molecule is C[C@H](NC(=S)Nc1cccnc1Sc1ccc(Cl)cc1)c1ccc(F)cc1. The number of rotatable bonds is 5. The summed E-state index contributed by atoms with van der Waals surface area (Å²) in [5, 5.41) is 8.36. The second kappa shape index (κ2) is 9.17. The molecule has 1 atom stereocenters. The van der Waals surface area contributed by atoms with Crippen LogP contribution in [0.2, 0.25) is 5.02 Å². The predicted molar refractivity (Wildman–Crippen MR) is 114 cm³/mol. The van der Waals surface area contributed by atoms with Gasteiger partial charge >= 0.3 is 0 Å². The fourth-order valence-electron chi connectivity index (χ4n) is 2.37. The molecule has 0 fully saturated rings. The number of hydrogen-bond acceptors (Lipinski definition) is 3. The van der Waals surface area contributed by atoms with Crippen molar-refractivity contribution in [2.45, 2.75) is 22.9 Å². The number of benzene rings is 2. The monoisotopic (exact) mass is 417 g/mol. The van der Waals surface area contributed by atoms with E-state index in [1.807, 2.05) is 43.3 Å². The molecule has 0 saturated heterocycles. The minimum atomic E-state index is -0.258. The number of halogens is 2. The van der Waals surface area contributed by atoms with Gasteiger partial charge in [-0.25, -0.2) is 9.37 Å². The van der Waals surface area contributed by atoms with Crippen LogP contribution in [0.15, 0.2) is 76.8 Å². The first kappa shape index (κ1) is 19.6. The zero-order valence-corrected chi connectivity index (χ0v) is 16.8. The summed E-state index contributed by atoms with van der Waals surface area (Å²) >= 11 is 12.9. The smallest absolute Gasteiger partial charge is 0.171 e. The second-order valence-corrected chi connectivity index (χ2v) is 7.69. The maximum atomic E-state index is 13.1. The van der Waals surface area contributed by atoms with E-state index in [2.05, 4.69) is 15.6 Å². The van der Waals surface area contributed by atoms with Crippen LogP contribution in [-0.2, 0) is 0 Å². The van der Waals surface area contributed by atoms with Crippen molar-refractivity contribution in [1.82, 2.24) is 10.3 Å². The van der Waals surface area contributed by atoms with Crippen LogP contribution in [-0.4, -0.2) is 10.1 Å². The van der Waals surface area contributed by atoms with Gasteiger partial charge in [0, 0.05) is 16.1 Å². The quantitative estimate of drug-likeness (QED) is 0.492. The summed E-state index contributed by atoms with van der Waals surface area (Å²) in [4.78, 5) is 5.46. The van der Waals surface area contributed by atoms with Crippen LogP contribution in [0.1, 0.15) is 18.5 Å². The van der Waals surface area contributed by atoms with Crippen LogP contribution in [0.4, 0.5) is 10.1 Å². The molecule has 0 aliphatic carbocycles. The van der Waals surface area contributed by atoms with E-state index in [-0.39, 0.29) is 11.9 Å². The van der Waals surface area contributed by atoms with Crippen molar-refractivity contribution in [1.29, 1.82) is 0 Å². The van der Waals surface area contributed by atoms with Crippen molar-refractivity contribution in [3.63, 3.8) is 0 Å². The molecule has 3 aromatic rings. The van der Waals surface area contributed by atoms with Gasteiger partial charge < -0.3 is 10.6 Å². The fraction of sp³-hybridized carbons (Fsp3) is 0.100. The molecule has 2 N–H and O–H groups in total. The Balaban J connectivity index is 1.67. The van der Waals surface area contributed by atoms with E-state index in [0.29, 0.717) is 10.1 Å². The highest BCUT2D eigenvalue weighted by Gasteiger charge is 2.10. The summed E-state index contributed by atoms with van der Waals surface area (Å²) in [6.07, 6.45) is 1.74. The maximum Gasteiger partial charge on any atom is 0.171 e. The van der Waals surface area contributed by atoms with E-state index in [1.54, 1.807) is 18.3 Å². The van der Waals surface area contributed by atoms with Crippen molar-refractivity contribution in [3.05, 3.63) is 83.3 Å². The highest BCUT2D eigenvalue weighted by molar-refractivity contribution is 7.99. The Morgan fingerprint density at radius 1 is 1.11 bits per heavy atom. The van der Waals surface area contributed by atoms with E-state index in [4.69, 9.17) is 23.8 Å². The molecular weight excluding hydrogens is 401 g/mol. The molecule has 1 heterocycles. The Hall–Kier alpha value is -2.15. The first-order chi connectivity index (χ1) is 13.0. The molecule has 1 aromatic heterocycles. The lowest BCUT2D eigenvalue weighted by Crippen LogP contribution is -2.31. The molecule has 0 unspecified atom stereocenters. The number of aromatic nitrogens is 1. The molecule has 0 radical (unpaired) electrons. The molecule has 0 spiro atoms. The number of pyridine rings is 1. The van der Waals surface area contributed by atoms with E-state index in [0.717, 1.165) is 21.2 Å². The molecule has 2 aromatic carbocycles. The van der Waals surface area contributed by atoms with Crippen LogP contribution >= 0.6 is 35.6 Å². The molecule has 0 amide bonds. The third-order valence-electron chi connectivity index (χ3n) is 3.77. The third-order valence-corrected chi connectivity index (χ3v) is 5.26. The van der Waals surface area contributed by atoms with Crippen molar-refractivity contribution >= 4 is 46.4 Å². The van der Waals surface area contributed by atoms with Gasteiger partial charge in [0.2, 0.25) is 0 Å². The number of nitrogens with one attached hydrogen (secondary N) is 2. The molecule has 7 heteroatoms. The summed E-state index contributed by atoms with van der Waals surface area (Å²) < 4.78 is 13.1. The van der Waals surface area contributed by atoms with Gasteiger partial charge in [0.25, 0.3) is 0 Å². The Labute approximate surface area is 172 Å². The van der Waals surface area contributed by atoms with Gasteiger partial charge in [0.1, 0.15) is 10.8 Å². The molecule has 0 aliphatic heterocycles. The average Bonchev–Trinajstić information content (AvgIpc) is 2.65. The number of anilines is 1. The minimum absolute atomic E-state index is 0.0605. The Morgan fingerprint density at radius 3 is 2.52 bits per heavy atom. The lowest BCUT2D eigenvalue weighted by molar-refractivity contribution is 0.624. The zero-order valence-electron chi connectivity index (χ0n) is 14.4. The van der Waals surface area contributed by atoms with Gasteiger partial charge in [-0.05, 0) is 73.2 Å². The Morgan fingerprint density at radius 2 is 1.81 bits per heavy atom. The Kier molecular flexibility index (Phi) is 6.66. The topological polar surface area (TPSA) is 37.0 Å². The standard InChI is InChI=1S/C20H17ClFN3S2/c1-13(14-4-8-16(22)9-5-14)24-20(26)25-18-3-2-12-23-19(18)27-17-10-6-15(21)7-11-17/h2-13H,1H3,(H2,24,25,26)/t13-/m0/s1. The lowest BCUT2D eigenvalue weighted by Gasteiger charge is -2.18. The van der Waals surface area contributed by atoms with Crippen LogP contribution < -0.4 is 10.6 Å². The van der Waals surface area contributed by atoms with Gasteiger partial charge in [-0.1, -0.05) is 35.5 Å². The predicted octanol–water partition coefficient (Wildman–Crippen LogP) is 6.07. The van der Waals surface area contributed by atoms with Gasteiger partial charge in [-0.15, -0.1) is 0 Å². The molecule has 3 rings (SSSR count). The van der Waals surface area contributed by atoms with E-state index < -0.39 is 0 Å². The number of thiocarbonyl (C=S) groups is 1. The van der Waals surface area contributed by atoms with E-state index in [1.165, 1.54) is 23.9 Å². The first-order valence-electron chi connectivity index (χ1n) is 8.22. The first-order valence-corrected chi connectivity index (χ1v) is 9.83. The summed E-state index contributed by atoms with van der Waals surface area (Å²) in [5.41, 5.74) is 1.75. The molecule has 0 bridgehead atoms. The lowest BCUT2D eigenvalue weighted by atomic mass is 10.1. The Bertz CT molecular complexity index is 917. The fourth-order valence-corrected chi connectivity index (χ4v) is 3.62. The highest BCUT2D eigenvalue weighted by atomic mass is 35.5. The minimum Gasteiger partial charge on any atom is -0.356 e. The second-order valence-electron chi connectivity index (χ2n) is 5.78. The van der Waals surface area contributed by atoms with Gasteiger partial charge in [0.15, 0.2) is 5.11 Å². The molecule has 27 heavy (non-hydrogen) atoms. The molecule has 138 valence electrons. The van der Waals surface area contributed by atoms with Crippen molar-refractivity contribution in [2.75, 3.05) is 5.32 Å². The summed E-state index contributed by atoms with van der Waals surface area (Å²) in [5.74, 6) is -0.258. The highest BCUT2D eigenvalue weighted by Crippen LogP contribution is 2.32. The largest absolute Gasteiger partial charge is 0.356 e. The normalized spacial score (nSPS) is 11.7. The van der Waals surface area contributed by atoms with Gasteiger partial charge in [-0.2, -0.15) is 0 Å². The van der Waals surface area contributed by atoms with Crippen LogP contribution in [0.25, 0.3) is 0 Å². The summed E-state index contributed by atoms with van der Waals surface area (Å²) in [6, 6.07) is 17.6. The summed E-state index contributed by atoms with van der Waals surface area (Å²) in [7, 11) is 0. The molecule has 3 nitrogen and oxygen atoms in total. The zero-order chi connectivity index (χ0) is 19.2. The van der Waals surface area contributed by atoms with Crippen LogP contribution in [0, 0.1) is 5.82 Å².